The van der Waals surface area contributed by atoms with Crippen LogP contribution in [-0.4, -0.2) is 0 Å². The molecule has 0 saturated heterocycles. The van der Waals surface area contributed by atoms with Crippen LogP contribution >= 0.6 is 0 Å². The molecule has 0 amide bonds. The van der Waals surface area contributed by atoms with Crippen LogP contribution in [0.25, 0.3) is 0 Å². The van der Waals surface area contributed by atoms with E-state index in [1.165, 1.54) is 6.92 Å². The molecule has 0 aromatic heterocycles. The minimum absolute atomic E-state index is 0.122. The van der Waals surface area contributed by atoms with Crippen molar-refractivity contribution in [2.24, 2.45) is 0 Å². The molecule has 0 fully saturated rings. The summed E-state index contributed by atoms with van der Waals surface area (Å²) < 4.78 is 26.6. The van der Waals surface area contributed by atoms with E-state index in [1.54, 1.807) is 12.1 Å². The summed E-state index contributed by atoms with van der Waals surface area (Å²) in [6.45, 7) is 5.70. The SMILES string of the molecule is CCC(C)c1ccc(C(F)(F)CC)cc1. The van der Waals surface area contributed by atoms with Gasteiger partial charge in [-0.2, -0.15) is 0 Å². The highest BCUT2D eigenvalue weighted by molar-refractivity contribution is 5.27. The topological polar surface area (TPSA) is 0 Å². The molecule has 0 radical (unpaired) electrons. The van der Waals surface area contributed by atoms with Crippen molar-refractivity contribution >= 4 is 0 Å². The Balaban J connectivity index is 2.90. The third-order valence-corrected chi connectivity index (χ3v) is 2.96. The van der Waals surface area contributed by atoms with Crippen LogP contribution in [0.5, 0.6) is 0 Å². The Hall–Kier alpha value is -0.920. The molecule has 0 aliphatic carbocycles. The van der Waals surface area contributed by atoms with E-state index >= 15 is 0 Å². The summed E-state index contributed by atoms with van der Waals surface area (Å²) in [5.74, 6) is -2.25. The molecule has 1 atom stereocenters. The zero-order chi connectivity index (χ0) is 11.5. The maximum Gasteiger partial charge on any atom is 0.273 e. The monoisotopic (exact) mass is 212 g/mol. The lowest BCUT2D eigenvalue weighted by Gasteiger charge is -2.16. The van der Waals surface area contributed by atoms with Crippen molar-refractivity contribution in [3.63, 3.8) is 0 Å². The first-order valence-corrected chi connectivity index (χ1v) is 5.49. The highest BCUT2D eigenvalue weighted by Crippen LogP contribution is 2.32. The molecule has 0 saturated carbocycles. The Bertz CT molecular complexity index is 301. The van der Waals surface area contributed by atoms with Crippen molar-refractivity contribution in [1.82, 2.24) is 0 Å². The van der Waals surface area contributed by atoms with Crippen LogP contribution in [0.3, 0.4) is 0 Å². The van der Waals surface area contributed by atoms with Gasteiger partial charge in [0.05, 0.1) is 0 Å². The lowest BCUT2D eigenvalue weighted by atomic mass is 9.96. The fourth-order valence-corrected chi connectivity index (χ4v) is 1.50. The molecular weight excluding hydrogens is 194 g/mol. The average Bonchev–Trinajstić information content (AvgIpc) is 2.28. The highest BCUT2D eigenvalue weighted by Gasteiger charge is 2.28. The van der Waals surface area contributed by atoms with Crippen LogP contribution in [0, 0.1) is 0 Å². The van der Waals surface area contributed by atoms with E-state index in [9.17, 15) is 8.78 Å². The van der Waals surface area contributed by atoms with Crippen molar-refractivity contribution in [3.05, 3.63) is 35.4 Å². The van der Waals surface area contributed by atoms with Crippen LogP contribution in [-0.2, 0) is 5.92 Å². The highest BCUT2D eigenvalue weighted by atomic mass is 19.3. The standard InChI is InChI=1S/C13H18F2/c1-4-10(3)11-6-8-12(9-7-11)13(14,15)5-2/h6-10H,4-5H2,1-3H3. The maximum atomic E-state index is 13.3. The molecule has 1 aromatic carbocycles. The third kappa shape index (κ3) is 2.77. The van der Waals surface area contributed by atoms with Gasteiger partial charge in [-0.3, -0.25) is 0 Å². The predicted molar refractivity (Wildman–Crippen MR) is 59.3 cm³/mol. The summed E-state index contributed by atoms with van der Waals surface area (Å²) in [6, 6.07) is 6.72. The molecule has 15 heavy (non-hydrogen) atoms. The number of rotatable bonds is 4. The predicted octanol–water partition coefficient (Wildman–Crippen LogP) is 4.70. The molecule has 2 heteroatoms. The first-order chi connectivity index (χ1) is 7.01. The second kappa shape index (κ2) is 4.73. The van der Waals surface area contributed by atoms with Gasteiger partial charge in [-0.15, -0.1) is 0 Å². The van der Waals surface area contributed by atoms with Gasteiger partial charge in [0.2, 0.25) is 0 Å². The van der Waals surface area contributed by atoms with Crippen LogP contribution < -0.4 is 0 Å². The Morgan fingerprint density at radius 3 is 2.07 bits per heavy atom. The number of benzene rings is 1. The third-order valence-electron chi connectivity index (χ3n) is 2.96. The molecule has 0 aliphatic heterocycles. The smallest absolute Gasteiger partial charge is 0.201 e. The number of halogens is 2. The summed E-state index contributed by atoms with van der Waals surface area (Å²) in [5, 5.41) is 0. The molecular formula is C13H18F2. The number of hydrogen-bond acceptors (Lipinski definition) is 0. The van der Waals surface area contributed by atoms with Gasteiger partial charge in [0.1, 0.15) is 0 Å². The molecule has 84 valence electrons. The number of hydrogen-bond donors (Lipinski definition) is 0. The molecule has 0 nitrogen and oxygen atoms in total. The van der Waals surface area contributed by atoms with E-state index < -0.39 is 5.92 Å². The van der Waals surface area contributed by atoms with Crippen LogP contribution in [0.15, 0.2) is 24.3 Å². The summed E-state index contributed by atoms with van der Waals surface area (Å²) >= 11 is 0. The van der Waals surface area contributed by atoms with Gasteiger partial charge in [-0.05, 0) is 17.9 Å². The van der Waals surface area contributed by atoms with Gasteiger partial charge in [-0.1, -0.05) is 45.0 Å². The second-order valence-corrected chi connectivity index (χ2v) is 3.99. The lowest BCUT2D eigenvalue weighted by molar-refractivity contribution is -0.00830. The van der Waals surface area contributed by atoms with Crippen molar-refractivity contribution in [3.8, 4) is 0 Å². The normalized spacial score (nSPS) is 13.9. The van der Waals surface area contributed by atoms with E-state index in [1.807, 2.05) is 12.1 Å². The Morgan fingerprint density at radius 1 is 1.13 bits per heavy atom. The van der Waals surface area contributed by atoms with Crippen LogP contribution in [0.4, 0.5) is 8.78 Å². The zero-order valence-electron chi connectivity index (χ0n) is 9.56. The fourth-order valence-electron chi connectivity index (χ4n) is 1.50. The average molecular weight is 212 g/mol. The van der Waals surface area contributed by atoms with E-state index in [0.29, 0.717) is 5.92 Å². The Morgan fingerprint density at radius 2 is 1.67 bits per heavy atom. The van der Waals surface area contributed by atoms with Crippen molar-refractivity contribution in [2.45, 2.75) is 45.5 Å². The van der Waals surface area contributed by atoms with E-state index in [0.717, 1.165) is 12.0 Å². The number of alkyl halides is 2. The largest absolute Gasteiger partial charge is 0.273 e. The molecule has 0 aliphatic rings. The summed E-state index contributed by atoms with van der Waals surface area (Å²) in [7, 11) is 0. The van der Waals surface area contributed by atoms with Gasteiger partial charge in [-0.25, -0.2) is 8.78 Å². The molecule has 1 aromatic rings. The summed E-state index contributed by atoms with van der Waals surface area (Å²) in [4.78, 5) is 0. The molecule has 1 unspecified atom stereocenters. The van der Waals surface area contributed by atoms with Gasteiger partial charge in [0.25, 0.3) is 5.92 Å². The van der Waals surface area contributed by atoms with Gasteiger partial charge in [0, 0.05) is 12.0 Å². The van der Waals surface area contributed by atoms with Crippen molar-refractivity contribution in [2.75, 3.05) is 0 Å². The lowest BCUT2D eigenvalue weighted by Crippen LogP contribution is -2.11. The van der Waals surface area contributed by atoms with Crippen LogP contribution in [0.1, 0.15) is 50.7 Å². The molecule has 0 spiro atoms. The summed E-state index contributed by atoms with van der Waals surface area (Å²) in [6.07, 6.45) is 0.888. The zero-order valence-corrected chi connectivity index (χ0v) is 9.56. The Kier molecular flexibility index (Phi) is 3.83. The van der Waals surface area contributed by atoms with Gasteiger partial charge in [0.15, 0.2) is 0 Å². The molecule has 0 bridgehead atoms. The van der Waals surface area contributed by atoms with Gasteiger partial charge < -0.3 is 0 Å². The fraction of sp³-hybridized carbons (Fsp3) is 0.538. The van der Waals surface area contributed by atoms with E-state index in [-0.39, 0.29) is 12.0 Å². The summed E-state index contributed by atoms with van der Waals surface area (Å²) in [5.41, 5.74) is 1.25. The van der Waals surface area contributed by atoms with E-state index in [2.05, 4.69) is 13.8 Å². The first-order valence-electron chi connectivity index (χ1n) is 5.49. The second-order valence-electron chi connectivity index (χ2n) is 3.99. The van der Waals surface area contributed by atoms with Crippen LogP contribution in [0.2, 0.25) is 0 Å². The quantitative estimate of drug-likeness (QED) is 0.678. The Labute approximate surface area is 90.3 Å². The van der Waals surface area contributed by atoms with E-state index in [4.69, 9.17) is 0 Å². The van der Waals surface area contributed by atoms with Crippen molar-refractivity contribution < 1.29 is 8.78 Å². The van der Waals surface area contributed by atoms with Gasteiger partial charge >= 0.3 is 0 Å². The molecule has 1 rings (SSSR count). The maximum absolute atomic E-state index is 13.3. The minimum Gasteiger partial charge on any atom is -0.201 e. The molecule has 0 heterocycles. The van der Waals surface area contributed by atoms with Crippen molar-refractivity contribution in [1.29, 1.82) is 0 Å². The first kappa shape index (κ1) is 12.2. The minimum atomic E-state index is -2.69. The molecule has 0 N–H and O–H groups in total.